The Morgan fingerprint density at radius 3 is 0.778 bits per heavy atom. The molecule has 0 saturated carbocycles. The first-order chi connectivity index (χ1) is 10.6. The number of rotatable bonds is 3. The van der Waals surface area contributed by atoms with E-state index >= 15 is 0 Å². The Balaban J connectivity index is -0.00000115. The van der Waals surface area contributed by atoms with E-state index in [2.05, 4.69) is 93.6 Å². The molecule has 2 radical (unpaired) electrons. The second-order valence-electron chi connectivity index (χ2n) is 5.75. The summed E-state index contributed by atoms with van der Waals surface area (Å²) in [6.07, 6.45) is 0. The molecule has 0 amide bonds. The van der Waals surface area contributed by atoms with Crippen molar-refractivity contribution in [3.63, 3.8) is 0 Å². The van der Waals surface area contributed by atoms with Gasteiger partial charge in [-0.3, -0.25) is 0 Å². The second kappa shape index (κ2) is 13.7. The molecule has 27 heavy (non-hydrogen) atoms. The standard InChI is InChI=1S/C21H21S.4FH.Sb/c1-16-4-10-19(11-5-16)22(20-12-6-17(2)7-13-20)21-14-8-18(3)9-15-21;;;;;/h4-15H,1-3H3;4*1H;/q+1;;;;;+3/p-4. The van der Waals surface area contributed by atoms with Crippen LogP contribution in [-0.4, -0.2) is 24.4 Å². The first-order valence-electron chi connectivity index (χ1n) is 7.58. The number of benzene rings is 3. The van der Waals surface area contributed by atoms with Crippen molar-refractivity contribution in [1.29, 1.82) is 0 Å². The summed E-state index contributed by atoms with van der Waals surface area (Å²) in [7, 11) is -0.0394. The molecule has 0 nitrogen and oxygen atoms in total. The van der Waals surface area contributed by atoms with Gasteiger partial charge in [-0.15, -0.1) is 0 Å². The van der Waals surface area contributed by atoms with Gasteiger partial charge in [-0.2, -0.15) is 0 Å². The Labute approximate surface area is 178 Å². The Bertz CT molecular complexity index is 652. The van der Waals surface area contributed by atoms with Crippen molar-refractivity contribution in [3.8, 4) is 0 Å². The zero-order chi connectivity index (χ0) is 15.5. The van der Waals surface area contributed by atoms with Gasteiger partial charge >= 0.3 is 24.4 Å². The molecule has 0 atom stereocenters. The molecule has 0 aliphatic heterocycles. The summed E-state index contributed by atoms with van der Waals surface area (Å²) in [4.78, 5) is 4.12. The quantitative estimate of drug-likeness (QED) is 0.190. The Morgan fingerprint density at radius 1 is 0.407 bits per heavy atom. The molecule has 0 bridgehead atoms. The predicted octanol–water partition coefficient (Wildman–Crippen LogP) is -6.66. The van der Waals surface area contributed by atoms with Gasteiger partial charge in [0.25, 0.3) is 0 Å². The van der Waals surface area contributed by atoms with Gasteiger partial charge in [0.2, 0.25) is 0 Å². The molecule has 6 heteroatoms. The predicted molar refractivity (Wildman–Crippen MR) is 101 cm³/mol. The largest absolute Gasteiger partial charge is 3.00 e. The number of hydrogen-bond donors (Lipinski definition) is 0. The van der Waals surface area contributed by atoms with Gasteiger partial charge in [0.1, 0.15) is 0 Å². The van der Waals surface area contributed by atoms with E-state index in [-0.39, 0.29) is 54.1 Å². The summed E-state index contributed by atoms with van der Waals surface area (Å²) < 4.78 is 0. The molecule has 0 N–H and O–H groups in total. The molecule has 144 valence electrons. The van der Waals surface area contributed by atoms with Crippen molar-refractivity contribution < 1.29 is 18.8 Å². The minimum atomic E-state index is -0.0394. The Kier molecular flexibility index (Phi) is 15.3. The van der Waals surface area contributed by atoms with Gasteiger partial charge < -0.3 is 18.8 Å². The van der Waals surface area contributed by atoms with Crippen LogP contribution in [0.25, 0.3) is 0 Å². The Hall–Kier alpha value is -1.45. The average molecular weight is 503 g/mol. The van der Waals surface area contributed by atoms with E-state index in [4.69, 9.17) is 0 Å². The van der Waals surface area contributed by atoms with Crippen molar-refractivity contribution in [3.05, 3.63) is 89.5 Å². The first kappa shape index (κ1) is 30.3. The normalized spacial score (nSPS) is 8.89. The van der Waals surface area contributed by atoms with Crippen LogP contribution in [0.15, 0.2) is 87.5 Å². The van der Waals surface area contributed by atoms with Crippen LogP contribution in [0.4, 0.5) is 0 Å². The smallest absolute Gasteiger partial charge is 1.00 e. The average Bonchev–Trinajstić information content (AvgIpc) is 2.53. The molecule has 0 aliphatic rings. The number of halogens is 4. The summed E-state index contributed by atoms with van der Waals surface area (Å²) in [5.41, 5.74) is 3.92. The van der Waals surface area contributed by atoms with Crippen LogP contribution in [0, 0.1) is 20.8 Å². The maximum absolute atomic E-state index is 2.26. The summed E-state index contributed by atoms with van der Waals surface area (Å²) >= 11 is 0. The molecule has 0 spiro atoms. The van der Waals surface area contributed by atoms with Gasteiger partial charge in [-0.25, -0.2) is 0 Å². The zero-order valence-corrected chi connectivity index (χ0v) is 18.7. The van der Waals surface area contributed by atoms with Gasteiger partial charge in [0, 0.05) is 0 Å². The van der Waals surface area contributed by atoms with Crippen molar-refractivity contribution in [2.45, 2.75) is 35.5 Å². The van der Waals surface area contributed by atoms with Crippen LogP contribution in [0.5, 0.6) is 0 Å². The molecule has 0 unspecified atom stereocenters. The fraction of sp³-hybridized carbons (Fsp3) is 0.143. The summed E-state index contributed by atoms with van der Waals surface area (Å²) in [6, 6.07) is 26.8. The number of hydrogen-bond acceptors (Lipinski definition) is 0. The van der Waals surface area contributed by atoms with Gasteiger partial charge in [0.05, 0.1) is 10.9 Å². The van der Waals surface area contributed by atoms with Crippen molar-refractivity contribution in [1.82, 2.24) is 0 Å². The van der Waals surface area contributed by atoms with E-state index < -0.39 is 0 Å². The minimum Gasteiger partial charge on any atom is -1.00 e. The molecule has 0 aliphatic carbocycles. The summed E-state index contributed by atoms with van der Waals surface area (Å²) in [6.45, 7) is 6.42. The molecule has 0 fully saturated rings. The first-order valence-corrected chi connectivity index (χ1v) is 8.80. The second-order valence-corrected chi connectivity index (χ2v) is 7.77. The van der Waals surface area contributed by atoms with E-state index in [1.54, 1.807) is 0 Å². The van der Waals surface area contributed by atoms with E-state index in [0.717, 1.165) is 0 Å². The molecule has 0 heterocycles. The SMILES string of the molecule is Cc1ccc([S+](c2ccc(C)cc2)c2ccc(C)cc2)cc1.[F-].[F-].[F-].[F-].[Sb+3]. The third-order valence-electron chi connectivity index (χ3n) is 3.77. The molecule has 3 rings (SSSR count). The van der Waals surface area contributed by atoms with E-state index in [1.165, 1.54) is 31.4 Å². The van der Waals surface area contributed by atoms with Crippen LogP contribution in [-0.2, 0) is 10.9 Å². The maximum Gasteiger partial charge on any atom is 3.00 e. The summed E-state index contributed by atoms with van der Waals surface area (Å²) in [5, 5.41) is 0. The van der Waals surface area contributed by atoms with E-state index in [0.29, 0.717) is 0 Å². The van der Waals surface area contributed by atoms with Gasteiger partial charge in [-0.1, -0.05) is 53.1 Å². The summed E-state index contributed by atoms with van der Waals surface area (Å²) in [5.74, 6) is 0. The fourth-order valence-corrected chi connectivity index (χ4v) is 4.47. The van der Waals surface area contributed by atoms with Crippen LogP contribution in [0.3, 0.4) is 0 Å². The van der Waals surface area contributed by atoms with E-state index in [9.17, 15) is 0 Å². The molecular formula is C21H21F4SSb. The van der Waals surface area contributed by atoms with E-state index in [1.807, 2.05) is 0 Å². The minimum absolute atomic E-state index is 0. The fourth-order valence-electron chi connectivity index (χ4n) is 2.43. The monoisotopic (exact) mass is 502 g/mol. The van der Waals surface area contributed by atoms with Gasteiger partial charge in [0.15, 0.2) is 14.7 Å². The molecule has 3 aromatic carbocycles. The van der Waals surface area contributed by atoms with Crippen molar-refractivity contribution >= 4 is 35.3 Å². The molecule has 0 aromatic heterocycles. The van der Waals surface area contributed by atoms with Crippen molar-refractivity contribution in [2.24, 2.45) is 0 Å². The Morgan fingerprint density at radius 2 is 0.593 bits per heavy atom. The van der Waals surface area contributed by atoms with Crippen LogP contribution in [0.1, 0.15) is 16.7 Å². The molecular weight excluding hydrogens is 482 g/mol. The van der Waals surface area contributed by atoms with Gasteiger partial charge in [-0.05, 0) is 57.2 Å². The maximum atomic E-state index is 2.26. The zero-order valence-electron chi connectivity index (χ0n) is 15.3. The number of aryl methyl sites for hydroxylation is 3. The van der Waals surface area contributed by atoms with Crippen LogP contribution >= 0.6 is 0 Å². The van der Waals surface area contributed by atoms with Crippen LogP contribution in [0.2, 0.25) is 0 Å². The third kappa shape index (κ3) is 7.59. The third-order valence-corrected chi connectivity index (χ3v) is 6.00. The molecule has 3 aromatic rings. The topological polar surface area (TPSA) is 0 Å². The van der Waals surface area contributed by atoms with Crippen molar-refractivity contribution in [2.75, 3.05) is 0 Å². The van der Waals surface area contributed by atoms with Crippen LogP contribution < -0.4 is 18.8 Å². The molecule has 0 saturated heterocycles.